The minimum Gasteiger partial charge on any atom is -0.393 e. The van der Waals surface area contributed by atoms with Crippen LogP contribution in [0.5, 0.6) is 0 Å². The van der Waals surface area contributed by atoms with E-state index in [0.29, 0.717) is 27.3 Å². The van der Waals surface area contributed by atoms with Crippen molar-refractivity contribution in [1.29, 1.82) is 0 Å². The highest BCUT2D eigenvalue weighted by atomic mass is 35.5. The second kappa shape index (κ2) is 9.69. The van der Waals surface area contributed by atoms with Gasteiger partial charge in [0.15, 0.2) is 5.82 Å². The Morgan fingerprint density at radius 2 is 2.03 bits per heavy atom. The van der Waals surface area contributed by atoms with Gasteiger partial charge in [0.2, 0.25) is 0 Å². The first kappa shape index (κ1) is 22.4. The van der Waals surface area contributed by atoms with Gasteiger partial charge in [0, 0.05) is 18.2 Å². The molecular formula is C20H18ClF3N2O3S. The molecule has 0 unspecified atom stereocenters. The summed E-state index contributed by atoms with van der Waals surface area (Å²) in [6, 6.07) is 2.27. The first-order valence-electron chi connectivity index (χ1n) is 9.21. The maximum atomic E-state index is 13.7. The Morgan fingerprint density at radius 1 is 1.33 bits per heavy atom. The van der Waals surface area contributed by atoms with E-state index in [2.05, 4.69) is 17.2 Å². The molecule has 0 saturated heterocycles. The number of nitrogens with one attached hydrogen (secondary N) is 1. The number of thiophene rings is 1. The van der Waals surface area contributed by atoms with Crippen LogP contribution in [0.3, 0.4) is 0 Å². The number of carbonyl (C=O) groups excluding carboxylic acids is 1. The smallest absolute Gasteiger partial charge is 0.286 e. The van der Waals surface area contributed by atoms with Crippen LogP contribution in [0.4, 0.5) is 18.9 Å². The maximum absolute atomic E-state index is 13.7. The summed E-state index contributed by atoms with van der Waals surface area (Å²) < 4.78 is 39.7. The summed E-state index contributed by atoms with van der Waals surface area (Å²) in [7, 11) is 0. The number of aliphatic hydroxyl groups is 1. The highest BCUT2D eigenvalue weighted by Crippen LogP contribution is 2.29. The van der Waals surface area contributed by atoms with Crippen LogP contribution in [-0.2, 0) is 6.54 Å². The molecule has 30 heavy (non-hydrogen) atoms. The maximum Gasteiger partial charge on any atom is 0.286 e. The minimum atomic E-state index is -2.85. The van der Waals surface area contributed by atoms with Crippen molar-refractivity contribution in [3.63, 3.8) is 0 Å². The predicted molar refractivity (Wildman–Crippen MR) is 109 cm³/mol. The number of nitrogens with zero attached hydrogens (tertiary/aromatic N) is 1. The van der Waals surface area contributed by atoms with Crippen molar-refractivity contribution in [3.8, 4) is 11.8 Å². The molecule has 0 radical (unpaired) electrons. The summed E-state index contributed by atoms with van der Waals surface area (Å²) in [5.41, 5.74) is -0.845. The van der Waals surface area contributed by atoms with Crippen LogP contribution < -0.4 is 10.9 Å². The van der Waals surface area contributed by atoms with Gasteiger partial charge in [-0.15, -0.1) is 11.3 Å². The number of anilines is 1. The number of halogens is 4. The molecule has 1 aliphatic rings. The fourth-order valence-electron chi connectivity index (χ4n) is 3.11. The number of amides is 1. The van der Waals surface area contributed by atoms with Crippen LogP contribution in [0, 0.1) is 23.6 Å². The molecule has 0 spiro atoms. The molecule has 2 aromatic heterocycles. The molecule has 0 aliphatic heterocycles. The first-order chi connectivity index (χ1) is 14.2. The Morgan fingerprint density at radius 3 is 2.70 bits per heavy atom. The van der Waals surface area contributed by atoms with Gasteiger partial charge in [0.25, 0.3) is 17.9 Å². The normalized spacial score (nSPS) is 18.7. The highest BCUT2D eigenvalue weighted by molar-refractivity contribution is 7.18. The van der Waals surface area contributed by atoms with Crippen molar-refractivity contribution >= 4 is 34.5 Å². The molecule has 1 aliphatic carbocycles. The van der Waals surface area contributed by atoms with Crippen LogP contribution in [-0.4, -0.2) is 28.1 Å². The molecule has 5 nitrogen and oxygen atoms in total. The minimum absolute atomic E-state index is 0.129. The van der Waals surface area contributed by atoms with Crippen LogP contribution in [0.2, 0.25) is 4.34 Å². The molecule has 1 fully saturated rings. The van der Waals surface area contributed by atoms with E-state index in [0.717, 1.165) is 36.4 Å². The second-order valence-electron chi connectivity index (χ2n) is 6.95. The van der Waals surface area contributed by atoms with Crippen LogP contribution in [0.25, 0.3) is 0 Å². The van der Waals surface area contributed by atoms with Crippen molar-refractivity contribution in [3.05, 3.63) is 49.3 Å². The van der Waals surface area contributed by atoms with Gasteiger partial charge in [0.05, 0.1) is 28.8 Å². The average molecular weight is 459 g/mol. The molecule has 2 N–H and O–H groups in total. The quantitative estimate of drug-likeness (QED) is 0.677. The summed E-state index contributed by atoms with van der Waals surface area (Å²) in [5.74, 6) is 4.35. The Bertz CT molecular complexity index is 1050. The third kappa shape index (κ3) is 5.65. The van der Waals surface area contributed by atoms with Crippen LogP contribution in [0.1, 0.15) is 40.9 Å². The van der Waals surface area contributed by atoms with Gasteiger partial charge in [-0.25, -0.2) is 13.2 Å². The Kier molecular flexibility index (Phi) is 7.23. The molecule has 160 valence electrons. The van der Waals surface area contributed by atoms with Crippen molar-refractivity contribution in [2.24, 2.45) is 5.92 Å². The van der Waals surface area contributed by atoms with Gasteiger partial charge >= 0.3 is 0 Å². The summed E-state index contributed by atoms with van der Waals surface area (Å²) in [4.78, 5) is 24.2. The topological polar surface area (TPSA) is 71.3 Å². The number of hydrogen-bond acceptors (Lipinski definition) is 4. The van der Waals surface area contributed by atoms with Gasteiger partial charge in [-0.1, -0.05) is 23.4 Å². The zero-order valence-electron chi connectivity index (χ0n) is 15.6. The number of aromatic nitrogens is 1. The van der Waals surface area contributed by atoms with Gasteiger partial charge in [-0.05, 0) is 31.7 Å². The van der Waals surface area contributed by atoms with Gasteiger partial charge in [-0.2, -0.15) is 0 Å². The number of carbonyl (C=O) groups is 1. The molecule has 1 amide bonds. The molecular weight excluding hydrogens is 441 g/mol. The molecule has 0 aromatic carbocycles. The Hall–Kier alpha value is -2.28. The highest BCUT2D eigenvalue weighted by Gasteiger charge is 2.18. The molecule has 2 heterocycles. The predicted octanol–water partition coefficient (Wildman–Crippen LogP) is 4.12. The Balaban J connectivity index is 1.73. The first-order valence-corrected chi connectivity index (χ1v) is 10.4. The number of aliphatic hydroxyl groups excluding tert-OH is 1. The number of pyridine rings is 1. The van der Waals surface area contributed by atoms with Crippen LogP contribution in [0.15, 0.2) is 23.1 Å². The second-order valence-corrected chi connectivity index (χ2v) is 8.61. The molecule has 1 saturated carbocycles. The lowest BCUT2D eigenvalue weighted by Gasteiger charge is -2.20. The van der Waals surface area contributed by atoms with E-state index in [4.69, 9.17) is 11.6 Å². The standard InChI is InChI=1S/C20H18ClF3N2O3S/c21-18-12(4-1-11-2-5-14(27)6-3-11)7-16(30-18)19(28)25-13-8-15(22)20(29)26(9-13)10-17(23)24/h7-9,11,14,17,27H,2-3,5-6,10H2,(H,25,28). The van der Waals surface area contributed by atoms with Crippen molar-refractivity contribution in [1.82, 2.24) is 4.57 Å². The monoisotopic (exact) mass is 458 g/mol. The van der Waals surface area contributed by atoms with Gasteiger partial charge in [0.1, 0.15) is 4.34 Å². The lowest BCUT2D eigenvalue weighted by Crippen LogP contribution is -2.26. The lowest BCUT2D eigenvalue weighted by molar-refractivity contribution is 0.103. The zero-order chi connectivity index (χ0) is 21.8. The van der Waals surface area contributed by atoms with Crippen molar-refractivity contribution in [2.45, 2.75) is 44.8 Å². The van der Waals surface area contributed by atoms with Gasteiger partial charge in [-0.3, -0.25) is 9.59 Å². The van der Waals surface area contributed by atoms with E-state index in [1.807, 2.05) is 0 Å². The molecule has 0 atom stereocenters. The van der Waals surface area contributed by atoms with E-state index in [9.17, 15) is 27.9 Å². The fourth-order valence-corrected chi connectivity index (χ4v) is 4.20. The van der Waals surface area contributed by atoms with Crippen molar-refractivity contribution < 1.29 is 23.1 Å². The average Bonchev–Trinajstić information content (AvgIpc) is 3.06. The molecule has 2 aromatic rings. The van der Waals surface area contributed by atoms with Crippen molar-refractivity contribution in [2.75, 3.05) is 5.32 Å². The third-order valence-corrected chi connectivity index (χ3v) is 6.01. The summed E-state index contributed by atoms with van der Waals surface area (Å²) >= 11 is 7.15. The summed E-state index contributed by atoms with van der Waals surface area (Å²) in [5, 5.41) is 11.9. The summed E-state index contributed by atoms with van der Waals surface area (Å²) in [6.07, 6.45) is 0.832. The molecule has 3 rings (SSSR count). The van der Waals surface area contributed by atoms with E-state index in [1.165, 1.54) is 6.07 Å². The van der Waals surface area contributed by atoms with E-state index >= 15 is 0 Å². The lowest BCUT2D eigenvalue weighted by atomic mass is 9.88. The van der Waals surface area contributed by atoms with E-state index in [-0.39, 0.29) is 22.6 Å². The Labute approximate surface area is 179 Å². The molecule has 0 bridgehead atoms. The third-order valence-electron chi connectivity index (χ3n) is 4.65. The number of alkyl halides is 2. The number of rotatable bonds is 4. The number of hydrogen-bond donors (Lipinski definition) is 2. The van der Waals surface area contributed by atoms with E-state index in [1.54, 1.807) is 0 Å². The largest absolute Gasteiger partial charge is 0.393 e. The SMILES string of the molecule is O=C(Nc1cc(F)c(=O)n(CC(F)F)c1)c1cc(C#CC2CCC(O)CC2)c(Cl)s1. The summed E-state index contributed by atoms with van der Waals surface area (Å²) in [6.45, 7) is -0.984. The fraction of sp³-hybridized carbons (Fsp3) is 0.400. The zero-order valence-corrected chi connectivity index (χ0v) is 17.2. The van der Waals surface area contributed by atoms with Gasteiger partial charge < -0.3 is 15.0 Å². The molecule has 10 heteroatoms. The van der Waals surface area contributed by atoms with Crippen LogP contribution >= 0.6 is 22.9 Å². The van der Waals surface area contributed by atoms with E-state index < -0.39 is 30.3 Å².